The molecule has 1 spiro atoms. The first-order valence-electron chi connectivity index (χ1n) is 8.68. The lowest BCUT2D eigenvalue weighted by atomic mass is 9.88. The molecule has 0 aromatic carbocycles. The van der Waals surface area contributed by atoms with Gasteiger partial charge in [-0.2, -0.15) is 0 Å². The minimum Gasteiger partial charge on any atom is -0.369 e. The molecule has 0 bridgehead atoms. The zero-order chi connectivity index (χ0) is 16.5. The van der Waals surface area contributed by atoms with Crippen LogP contribution in [0.2, 0.25) is 0 Å². The van der Waals surface area contributed by atoms with Gasteiger partial charge in [0.25, 0.3) is 0 Å². The number of morpholine rings is 1. The number of nitrogens with zero attached hydrogens (tertiary/aromatic N) is 3. The molecule has 0 saturated carbocycles. The van der Waals surface area contributed by atoms with Gasteiger partial charge in [-0.1, -0.05) is 0 Å². The van der Waals surface area contributed by atoms with Crippen molar-refractivity contribution in [3.05, 3.63) is 0 Å². The molecule has 5 nitrogen and oxygen atoms in total. The maximum Gasteiger partial charge on any atom is 0.319 e. The van der Waals surface area contributed by atoms with E-state index in [1.54, 1.807) is 0 Å². The van der Waals surface area contributed by atoms with Gasteiger partial charge in [0.2, 0.25) is 0 Å². The van der Waals surface area contributed by atoms with Gasteiger partial charge in [-0.15, -0.1) is 0 Å². The summed E-state index contributed by atoms with van der Waals surface area (Å²) in [6.45, 7) is 14.4. The van der Waals surface area contributed by atoms with Crippen molar-refractivity contribution >= 4 is 6.03 Å². The maximum absolute atomic E-state index is 12.4. The maximum atomic E-state index is 12.4. The Morgan fingerprint density at radius 3 is 2.32 bits per heavy atom. The lowest BCUT2D eigenvalue weighted by Crippen LogP contribution is -2.61. The zero-order valence-electron chi connectivity index (χ0n) is 15.1. The first-order valence-corrected chi connectivity index (χ1v) is 8.68. The van der Waals surface area contributed by atoms with E-state index in [4.69, 9.17) is 4.74 Å². The summed E-state index contributed by atoms with van der Waals surface area (Å²) in [6, 6.07) is 0.940. The van der Waals surface area contributed by atoms with Crippen LogP contribution in [0.4, 0.5) is 4.79 Å². The fourth-order valence-corrected chi connectivity index (χ4v) is 3.49. The Balaban J connectivity index is 1.97. The monoisotopic (exact) mass is 311 g/mol. The quantitative estimate of drug-likeness (QED) is 0.786. The second-order valence-electron chi connectivity index (χ2n) is 7.61. The van der Waals surface area contributed by atoms with Gasteiger partial charge < -0.3 is 14.5 Å². The highest BCUT2D eigenvalue weighted by atomic mass is 16.5. The summed E-state index contributed by atoms with van der Waals surface area (Å²) in [6.07, 6.45) is 2.16. The van der Waals surface area contributed by atoms with Gasteiger partial charge in [0.15, 0.2) is 0 Å². The lowest BCUT2D eigenvalue weighted by molar-refractivity contribution is -0.172. The topological polar surface area (TPSA) is 36.0 Å². The Morgan fingerprint density at radius 1 is 1.23 bits per heavy atom. The van der Waals surface area contributed by atoms with Crippen molar-refractivity contribution in [3.63, 3.8) is 0 Å². The molecule has 2 amide bonds. The number of likely N-dealkylation sites (tertiary alicyclic amines) is 1. The molecule has 2 aliphatic heterocycles. The molecule has 2 aliphatic rings. The number of piperidine rings is 1. The molecule has 128 valence electrons. The molecule has 5 heteroatoms. The summed E-state index contributed by atoms with van der Waals surface area (Å²) in [5.41, 5.74) is -0.0604. The van der Waals surface area contributed by atoms with Crippen molar-refractivity contribution in [2.75, 3.05) is 33.2 Å². The van der Waals surface area contributed by atoms with Crippen LogP contribution in [0.25, 0.3) is 0 Å². The average molecular weight is 311 g/mol. The van der Waals surface area contributed by atoms with Crippen molar-refractivity contribution in [1.82, 2.24) is 14.7 Å². The Morgan fingerprint density at radius 2 is 1.82 bits per heavy atom. The summed E-state index contributed by atoms with van der Waals surface area (Å²) < 4.78 is 6.34. The number of urea groups is 1. The predicted molar refractivity (Wildman–Crippen MR) is 89.1 cm³/mol. The first kappa shape index (κ1) is 17.5. The summed E-state index contributed by atoms with van der Waals surface area (Å²) in [5, 5.41) is 0. The zero-order valence-corrected chi connectivity index (χ0v) is 15.1. The minimum atomic E-state index is -0.0604. The second kappa shape index (κ2) is 6.75. The van der Waals surface area contributed by atoms with Crippen LogP contribution in [0.5, 0.6) is 0 Å². The molecule has 2 fully saturated rings. The third-order valence-corrected chi connectivity index (χ3v) is 5.19. The Kier molecular flexibility index (Phi) is 5.38. The number of rotatable bonds is 2. The normalized spacial score (nSPS) is 26.0. The van der Waals surface area contributed by atoms with Gasteiger partial charge in [-0.3, -0.25) is 4.90 Å². The summed E-state index contributed by atoms with van der Waals surface area (Å²) in [4.78, 5) is 18.8. The van der Waals surface area contributed by atoms with Crippen molar-refractivity contribution in [1.29, 1.82) is 0 Å². The van der Waals surface area contributed by atoms with Crippen molar-refractivity contribution in [2.24, 2.45) is 0 Å². The molecule has 2 saturated heterocycles. The van der Waals surface area contributed by atoms with Crippen LogP contribution in [-0.4, -0.2) is 77.7 Å². The first-order chi connectivity index (χ1) is 10.2. The highest BCUT2D eigenvalue weighted by molar-refractivity contribution is 5.74. The number of carbonyl (C=O) groups excluding carboxylic acids is 1. The van der Waals surface area contributed by atoms with E-state index in [0.717, 1.165) is 39.0 Å². The van der Waals surface area contributed by atoms with Crippen molar-refractivity contribution in [3.8, 4) is 0 Å². The van der Waals surface area contributed by atoms with E-state index < -0.39 is 0 Å². The number of amides is 2. The standard InChI is InChI=1S/C17H33N3O2/c1-13(2)18(6)16(21)19-9-7-17(8-10-19)12-20(14(3)4)11-15(5)22-17/h13-15H,7-12H2,1-6H3. The highest BCUT2D eigenvalue weighted by Crippen LogP contribution is 2.33. The molecule has 1 unspecified atom stereocenters. The van der Waals surface area contributed by atoms with Gasteiger partial charge >= 0.3 is 6.03 Å². The molecule has 2 heterocycles. The molecular weight excluding hydrogens is 278 g/mol. The van der Waals surface area contributed by atoms with Crippen LogP contribution in [0.15, 0.2) is 0 Å². The van der Waals surface area contributed by atoms with Crippen LogP contribution in [-0.2, 0) is 4.74 Å². The van der Waals surface area contributed by atoms with Crippen LogP contribution < -0.4 is 0 Å². The Labute approximate surface area is 135 Å². The highest BCUT2D eigenvalue weighted by Gasteiger charge is 2.43. The van der Waals surface area contributed by atoms with Gasteiger partial charge in [0.05, 0.1) is 11.7 Å². The largest absolute Gasteiger partial charge is 0.369 e. The third kappa shape index (κ3) is 3.74. The number of hydrogen-bond acceptors (Lipinski definition) is 3. The van der Waals surface area contributed by atoms with E-state index in [2.05, 4.69) is 39.5 Å². The molecule has 0 aromatic heterocycles. The van der Waals surface area contributed by atoms with Crippen LogP contribution in [0, 0.1) is 0 Å². The van der Waals surface area contributed by atoms with E-state index in [1.165, 1.54) is 0 Å². The molecule has 0 radical (unpaired) electrons. The fourth-order valence-electron chi connectivity index (χ4n) is 3.49. The predicted octanol–water partition coefficient (Wildman–Crippen LogP) is 2.41. The smallest absolute Gasteiger partial charge is 0.319 e. The van der Waals surface area contributed by atoms with Crippen LogP contribution in [0.1, 0.15) is 47.5 Å². The van der Waals surface area contributed by atoms with Gasteiger partial charge in [0, 0.05) is 45.3 Å². The second-order valence-corrected chi connectivity index (χ2v) is 7.61. The van der Waals surface area contributed by atoms with Crippen LogP contribution >= 0.6 is 0 Å². The van der Waals surface area contributed by atoms with E-state index in [9.17, 15) is 4.79 Å². The molecule has 1 atom stereocenters. The van der Waals surface area contributed by atoms with Gasteiger partial charge in [-0.25, -0.2) is 4.79 Å². The number of carbonyl (C=O) groups is 1. The fraction of sp³-hybridized carbons (Fsp3) is 0.941. The lowest BCUT2D eigenvalue weighted by Gasteiger charge is -2.50. The number of hydrogen-bond donors (Lipinski definition) is 0. The SMILES string of the molecule is CC1CN(C(C)C)CC2(CCN(C(=O)N(C)C(C)C)CC2)O1. The molecular formula is C17H33N3O2. The van der Waals surface area contributed by atoms with E-state index in [-0.39, 0.29) is 23.8 Å². The average Bonchev–Trinajstić information content (AvgIpc) is 2.45. The molecule has 0 N–H and O–H groups in total. The summed E-state index contributed by atoms with van der Waals surface area (Å²) >= 11 is 0. The number of ether oxygens (including phenoxy) is 1. The molecule has 2 rings (SSSR count). The minimum absolute atomic E-state index is 0.0604. The summed E-state index contributed by atoms with van der Waals surface area (Å²) in [7, 11) is 1.89. The Hall–Kier alpha value is -0.810. The molecule has 0 aromatic rings. The Bertz CT molecular complexity index is 389. The van der Waals surface area contributed by atoms with Gasteiger partial charge in [0.1, 0.15) is 0 Å². The van der Waals surface area contributed by atoms with Crippen molar-refractivity contribution in [2.45, 2.75) is 71.2 Å². The van der Waals surface area contributed by atoms with Crippen molar-refractivity contribution < 1.29 is 9.53 Å². The summed E-state index contributed by atoms with van der Waals surface area (Å²) in [5.74, 6) is 0. The van der Waals surface area contributed by atoms with E-state index in [0.29, 0.717) is 6.04 Å². The van der Waals surface area contributed by atoms with E-state index >= 15 is 0 Å². The molecule has 22 heavy (non-hydrogen) atoms. The van der Waals surface area contributed by atoms with Crippen LogP contribution in [0.3, 0.4) is 0 Å². The third-order valence-electron chi connectivity index (χ3n) is 5.19. The van der Waals surface area contributed by atoms with E-state index in [1.807, 2.05) is 16.8 Å². The molecule has 0 aliphatic carbocycles. The van der Waals surface area contributed by atoms with Gasteiger partial charge in [-0.05, 0) is 47.5 Å².